The van der Waals surface area contributed by atoms with Crippen LogP contribution in [0.3, 0.4) is 0 Å². The van der Waals surface area contributed by atoms with E-state index in [1.54, 1.807) is 0 Å². The predicted molar refractivity (Wildman–Crippen MR) is 117 cm³/mol. The molecule has 1 aliphatic carbocycles. The highest BCUT2D eigenvalue weighted by atomic mass is 16.2. The van der Waals surface area contributed by atoms with Gasteiger partial charge in [-0.15, -0.1) is 0 Å². The summed E-state index contributed by atoms with van der Waals surface area (Å²) in [6, 6.07) is 17.4. The SMILES string of the molecule is O=C(Nc1ccccc1)C1CCCN(C(=O)c2c3c(nc4ccccc24)CCC3)C1. The maximum atomic E-state index is 13.7. The van der Waals surface area contributed by atoms with Crippen LogP contribution in [0.15, 0.2) is 54.6 Å². The van der Waals surface area contributed by atoms with Gasteiger partial charge < -0.3 is 10.2 Å². The number of anilines is 1. The summed E-state index contributed by atoms with van der Waals surface area (Å²) >= 11 is 0. The number of likely N-dealkylation sites (tertiary alicyclic amines) is 1. The monoisotopic (exact) mass is 399 g/mol. The van der Waals surface area contributed by atoms with E-state index in [0.29, 0.717) is 13.1 Å². The Morgan fingerprint density at radius 3 is 2.63 bits per heavy atom. The fourth-order valence-electron chi connectivity index (χ4n) is 4.75. The third kappa shape index (κ3) is 3.45. The average Bonchev–Trinajstić information content (AvgIpc) is 3.26. The van der Waals surface area contributed by atoms with Gasteiger partial charge in [-0.25, -0.2) is 0 Å². The van der Waals surface area contributed by atoms with Gasteiger partial charge >= 0.3 is 0 Å². The first-order valence-corrected chi connectivity index (χ1v) is 10.8. The molecule has 0 spiro atoms. The summed E-state index contributed by atoms with van der Waals surface area (Å²) in [5.41, 5.74) is 4.65. The lowest BCUT2D eigenvalue weighted by atomic mass is 9.94. The van der Waals surface area contributed by atoms with E-state index in [-0.39, 0.29) is 17.7 Å². The van der Waals surface area contributed by atoms with Gasteiger partial charge in [0.1, 0.15) is 0 Å². The molecule has 0 saturated carbocycles. The maximum absolute atomic E-state index is 13.7. The first-order chi connectivity index (χ1) is 14.7. The summed E-state index contributed by atoms with van der Waals surface area (Å²) in [7, 11) is 0. The van der Waals surface area contributed by atoms with E-state index in [0.717, 1.165) is 65.5 Å². The summed E-state index contributed by atoms with van der Waals surface area (Å²) in [6.07, 6.45) is 4.52. The molecule has 152 valence electrons. The summed E-state index contributed by atoms with van der Waals surface area (Å²) in [5, 5.41) is 3.92. The molecule has 1 unspecified atom stereocenters. The topological polar surface area (TPSA) is 62.3 Å². The number of hydrogen-bond donors (Lipinski definition) is 1. The zero-order chi connectivity index (χ0) is 20.5. The smallest absolute Gasteiger partial charge is 0.254 e. The Kier molecular flexibility index (Phi) is 4.95. The standard InChI is InChI=1S/C25H25N3O2/c29-24(26-18-9-2-1-3-10-18)17-8-7-15-28(16-17)25(30)23-19-11-4-5-13-21(19)27-22-14-6-12-20(22)23/h1-5,9-11,13,17H,6-8,12,14-16H2,(H,26,29). The van der Waals surface area contributed by atoms with Crippen LogP contribution in [0.5, 0.6) is 0 Å². The van der Waals surface area contributed by atoms with Crippen LogP contribution in [0.25, 0.3) is 10.9 Å². The Bertz CT molecular complexity index is 1110. The predicted octanol–water partition coefficient (Wildman–Crippen LogP) is 4.21. The van der Waals surface area contributed by atoms with Gasteiger partial charge in [-0.2, -0.15) is 0 Å². The largest absolute Gasteiger partial charge is 0.338 e. The molecule has 3 aromatic rings. The number of aromatic nitrogens is 1. The third-order valence-corrected chi connectivity index (χ3v) is 6.25. The Balaban J connectivity index is 1.41. The molecule has 0 bridgehead atoms. The molecule has 5 nitrogen and oxygen atoms in total. The van der Waals surface area contributed by atoms with Crippen molar-refractivity contribution in [3.8, 4) is 0 Å². The van der Waals surface area contributed by atoms with Crippen molar-refractivity contribution in [2.24, 2.45) is 5.92 Å². The fourth-order valence-corrected chi connectivity index (χ4v) is 4.75. The molecular formula is C25H25N3O2. The molecule has 5 rings (SSSR count). The number of aryl methyl sites for hydroxylation is 1. The molecule has 2 aromatic carbocycles. The molecule has 0 radical (unpaired) electrons. The van der Waals surface area contributed by atoms with E-state index in [4.69, 9.17) is 4.98 Å². The van der Waals surface area contributed by atoms with Gasteiger partial charge in [-0.3, -0.25) is 14.6 Å². The van der Waals surface area contributed by atoms with Crippen molar-refractivity contribution in [1.29, 1.82) is 0 Å². The van der Waals surface area contributed by atoms with Gasteiger partial charge in [-0.1, -0.05) is 36.4 Å². The van der Waals surface area contributed by atoms with Crippen molar-refractivity contribution in [3.05, 3.63) is 71.4 Å². The molecule has 1 fully saturated rings. The van der Waals surface area contributed by atoms with E-state index < -0.39 is 0 Å². The van der Waals surface area contributed by atoms with Crippen LogP contribution in [0.2, 0.25) is 0 Å². The van der Waals surface area contributed by atoms with Crippen LogP contribution in [0.1, 0.15) is 40.9 Å². The Hall–Kier alpha value is -3.21. The molecule has 1 aliphatic heterocycles. The minimum absolute atomic E-state index is 0.0106. The highest BCUT2D eigenvalue weighted by molar-refractivity contribution is 6.08. The molecule has 1 atom stereocenters. The highest BCUT2D eigenvalue weighted by Crippen LogP contribution is 2.32. The summed E-state index contributed by atoms with van der Waals surface area (Å²) in [5.74, 6) is -0.156. The van der Waals surface area contributed by atoms with Crippen LogP contribution >= 0.6 is 0 Å². The molecular weight excluding hydrogens is 374 g/mol. The summed E-state index contributed by atoms with van der Waals surface area (Å²) in [6.45, 7) is 1.16. The lowest BCUT2D eigenvalue weighted by molar-refractivity contribution is -0.121. The van der Waals surface area contributed by atoms with Gasteiger partial charge in [0.25, 0.3) is 5.91 Å². The quantitative estimate of drug-likeness (QED) is 0.717. The van der Waals surface area contributed by atoms with Crippen LogP contribution in [0.4, 0.5) is 5.69 Å². The zero-order valence-electron chi connectivity index (χ0n) is 16.9. The van der Waals surface area contributed by atoms with Crippen molar-refractivity contribution in [2.45, 2.75) is 32.1 Å². The molecule has 1 aromatic heterocycles. The van der Waals surface area contributed by atoms with Crippen LogP contribution in [-0.4, -0.2) is 34.8 Å². The van der Waals surface area contributed by atoms with Crippen LogP contribution in [0, 0.1) is 5.92 Å². The molecule has 5 heteroatoms. The van der Waals surface area contributed by atoms with E-state index in [1.807, 2.05) is 59.5 Å². The average molecular weight is 399 g/mol. The number of pyridine rings is 1. The minimum atomic E-state index is -0.191. The van der Waals surface area contributed by atoms with Crippen molar-refractivity contribution in [2.75, 3.05) is 18.4 Å². The first kappa shape index (κ1) is 18.8. The normalized spacial score (nSPS) is 18.3. The van der Waals surface area contributed by atoms with Gasteiger partial charge in [-0.05, 0) is 55.9 Å². The molecule has 2 heterocycles. The van der Waals surface area contributed by atoms with Crippen LogP contribution in [-0.2, 0) is 17.6 Å². The lowest BCUT2D eigenvalue weighted by Crippen LogP contribution is -2.44. The molecule has 2 aliphatic rings. The lowest BCUT2D eigenvalue weighted by Gasteiger charge is -2.33. The Morgan fingerprint density at radius 1 is 0.967 bits per heavy atom. The minimum Gasteiger partial charge on any atom is -0.338 e. The van der Waals surface area contributed by atoms with Crippen molar-refractivity contribution in [1.82, 2.24) is 9.88 Å². The second kappa shape index (κ2) is 7.90. The number of hydrogen-bond acceptors (Lipinski definition) is 3. The second-order valence-corrected chi connectivity index (χ2v) is 8.23. The summed E-state index contributed by atoms with van der Waals surface area (Å²) in [4.78, 5) is 33.2. The number of fused-ring (bicyclic) bond motifs is 2. The number of piperidine rings is 1. The number of carbonyl (C=O) groups is 2. The second-order valence-electron chi connectivity index (χ2n) is 8.23. The van der Waals surface area contributed by atoms with Gasteiger partial charge in [0, 0.05) is 29.9 Å². The number of benzene rings is 2. The van der Waals surface area contributed by atoms with Gasteiger partial charge in [0.15, 0.2) is 0 Å². The number of para-hydroxylation sites is 2. The number of rotatable bonds is 3. The van der Waals surface area contributed by atoms with Gasteiger partial charge in [0.2, 0.25) is 5.91 Å². The molecule has 2 amide bonds. The van der Waals surface area contributed by atoms with E-state index in [1.165, 1.54) is 0 Å². The number of nitrogens with one attached hydrogen (secondary N) is 1. The zero-order valence-corrected chi connectivity index (χ0v) is 16.9. The molecule has 30 heavy (non-hydrogen) atoms. The third-order valence-electron chi connectivity index (χ3n) is 6.25. The molecule has 1 N–H and O–H groups in total. The van der Waals surface area contributed by atoms with E-state index >= 15 is 0 Å². The number of nitrogens with zero attached hydrogens (tertiary/aromatic N) is 2. The van der Waals surface area contributed by atoms with E-state index in [2.05, 4.69) is 5.32 Å². The number of carbonyl (C=O) groups excluding carboxylic acids is 2. The molecule has 1 saturated heterocycles. The van der Waals surface area contributed by atoms with Crippen LogP contribution < -0.4 is 5.32 Å². The van der Waals surface area contributed by atoms with Crippen molar-refractivity contribution < 1.29 is 9.59 Å². The Labute approximate surface area is 176 Å². The van der Waals surface area contributed by atoms with Crippen molar-refractivity contribution in [3.63, 3.8) is 0 Å². The summed E-state index contributed by atoms with van der Waals surface area (Å²) < 4.78 is 0. The fraction of sp³-hybridized carbons (Fsp3) is 0.320. The number of amides is 2. The highest BCUT2D eigenvalue weighted by Gasteiger charge is 2.32. The van der Waals surface area contributed by atoms with Gasteiger partial charge in [0.05, 0.1) is 17.0 Å². The first-order valence-electron chi connectivity index (χ1n) is 10.8. The Morgan fingerprint density at radius 2 is 1.77 bits per heavy atom. The van der Waals surface area contributed by atoms with E-state index in [9.17, 15) is 9.59 Å². The maximum Gasteiger partial charge on any atom is 0.254 e. The van der Waals surface area contributed by atoms with Crippen molar-refractivity contribution >= 4 is 28.4 Å².